The van der Waals surface area contributed by atoms with Gasteiger partial charge in [-0.3, -0.25) is 4.79 Å². The summed E-state index contributed by atoms with van der Waals surface area (Å²) in [5.41, 5.74) is 1.11. The number of nitrogens with one attached hydrogen (secondary N) is 1. The van der Waals surface area contributed by atoms with Crippen LogP contribution in [0, 0.1) is 0 Å². The van der Waals surface area contributed by atoms with Crippen molar-refractivity contribution in [2.45, 2.75) is 63.1 Å². The molecule has 2 aromatic rings. The number of amides is 1. The molecule has 0 atom stereocenters. The van der Waals surface area contributed by atoms with E-state index in [9.17, 15) is 4.79 Å². The SMILES string of the molecule is CCCc1cc(-c2nnc(SCC(=O)NC3CCCCC3)n2C)cs1. The molecule has 136 valence electrons. The summed E-state index contributed by atoms with van der Waals surface area (Å²) in [5.74, 6) is 1.36. The number of thiophene rings is 1. The fourth-order valence-electron chi connectivity index (χ4n) is 3.21. The van der Waals surface area contributed by atoms with Crippen molar-refractivity contribution < 1.29 is 4.79 Å². The molecular weight excluding hydrogens is 352 g/mol. The van der Waals surface area contributed by atoms with Gasteiger partial charge in [-0.05, 0) is 25.3 Å². The average Bonchev–Trinajstić information content (AvgIpc) is 3.21. The van der Waals surface area contributed by atoms with Crippen LogP contribution in [0.1, 0.15) is 50.3 Å². The molecule has 0 unspecified atom stereocenters. The molecule has 0 saturated heterocycles. The third kappa shape index (κ3) is 4.85. The van der Waals surface area contributed by atoms with Crippen LogP contribution in [0.5, 0.6) is 0 Å². The second kappa shape index (κ2) is 8.85. The maximum atomic E-state index is 12.2. The molecule has 25 heavy (non-hydrogen) atoms. The van der Waals surface area contributed by atoms with Crippen LogP contribution in [0.15, 0.2) is 16.6 Å². The third-order valence-corrected chi connectivity index (χ3v) is 6.56. The number of aryl methyl sites for hydroxylation is 1. The smallest absolute Gasteiger partial charge is 0.230 e. The highest BCUT2D eigenvalue weighted by Crippen LogP contribution is 2.27. The quantitative estimate of drug-likeness (QED) is 0.739. The van der Waals surface area contributed by atoms with E-state index >= 15 is 0 Å². The minimum Gasteiger partial charge on any atom is -0.353 e. The highest BCUT2D eigenvalue weighted by atomic mass is 32.2. The normalized spacial score (nSPS) is 15.4. The zero-order valence-corrected chi connectivity index (χ0v) is 16.6. The monoisotopic (exact) mass is 378 g/mol. The standard InChI is InChI=1S/C18H26N4OS2/c1-3-7-15-10-13(11-24-15)17-20-21-18(22(17)2)25-12-16(23)19-14-8-5-4-6-9-14/h10-11,14H,3-9,12H2,1-2H3,(H,19,23). The molecule has 0 aliphatic heterocycles. The lowest BCUT2D eigenvalue weighted by Gasteiger charge is -2.22. The largest absolute Gasteiger partial charge is 0.353 e. The van der Waals surface area contributed by atoms with Crippen LogP contribution in [-0.2, 0) is 18.3 Å². The van der Waals surface area contributed by atoms with Crippen LogP contribution in [0.25, 0.3) is 11.4 Å². The van der Waals surface area contributed by atoms with E-state index in [0.717, 1.165) is 42.2 Å². The highest BCUT2D eigenvalue weighted by molar-refractivity contribution is 7.99. The molecule has 1 N–H and O–H groups in total. The fraction of sp³-hybridized carbons (Fsp3) is 0.611. The van der Waals surface area contributed by atoms with Crippen molar-refractivity contribution in [1.29, 1.82) is 0 Å². The predicted molar refractivity (Wildman–Crippen MR) is 104 cm³/mol. The number of thioether (sulfide) groups is 1. The summed E-state index contributed by atoms with van der Waals surface area (Å²) in [6, 6.07) is 2.56. The number of carbonyl (C=O) groups is 1. The van der Waals surface area contributed by atoms with Crippen LogP contribution in [-0.4, -0.2) is 32.5 Å². The molecule has 0 radical (unpaired) electrons. The van der Waals surface area contributed by atoms with Gasteiger partial charge in [0.15, 0.2) is 11.0 Å². The summed E-state index contributed by atoms with van der Waals surface area (Å²) in [4.78, 5) is 13.5. The van der Waals surface area contributed by atoms with Gasteiger partial charge in [0.2, 0.25) is 5.91 Å². The lowest BCUT2D eigenvalue weighted by atomic mass is 9.95. The number of carbonyl (C=O) groups excluding carboxylic acids is 1. The van der Waals surface area contributed by atoms with Crippen molar-refractivity contribution in [2.24, 2.45) is 7.05 Å². The van der Waals surface area contributed by atoms with E-state index in [1.807, 2.05) is 11.6 Å². The predicted octanol–water partition coefficient (Wildman–Crippen LogP) is 4.04. The van der Waals surface area contributed by atoms with Gasteiger partial charge in [-0.15, -0.1) is 21.5 Å². The van der Waals surface area contributed by atoms with E-state index in [-0.39, 0.29) is 5.91 Å². The minimum absolute atomic E-state index is 0.0993. The second-order valence-corrected chi connectivity index (χ2v) is 8.55. The molecule has 1 aliphatic rings. The Balaban J connectivity index is 1.56. The first kappa shape index (κ1) is 18.5. The topological polar surface area (TPSA) is 59.8 Å². The summed E-state index contributed by atoms with van der Waals surface area (Å²) >= 11 is 3.23. The van der Waals surface area contributed by atoms with Gasteiger partial charge in [-0.25, -0.2) is 0 Å². The Labute approximate surface area is 157 Å². The Morgan fingerprint density at radius 1 is 1.36 bits per heavy atom. The number of nitrogens with zero attached hydrogens (tertiary/aromatic N) is 3. The molecule has 0 spiro atoms. The van der Waals surface area contributed by atoms with Gasteiger partial charge in [0, 0.05) is 28.9 Å². The summed E-state index contributed by atoms with van der Waals surface area (Å²) < 4.78 is 1.98. The Morgan fingerprint density at radius 3 is 2.92 bits per heavy atom. The first-order valence-corrected chi connectivity index (χ1v) is 10.9. The van der Waals surface area contributed by atoms with E-state index in [1.54, 1.807) is 11.3 Å². The van der Waals surface area contributed by atoms with Gasteiger partial charge in [0.1, 0.15) is 0 Å². The van der Waals surface area contributed by atoms with E-state index in [2.05, 4.69) is 33.9 Å². The molecule has 1 amide bonds. The first-order chi connectivity index (χ1) is 12.2. The average molecular weight is 379 g/mol. The Kier molecular flexibility index (Phi) is 6.53. The lowest BCUT2D eigenvalue weighted by molar-refractivity contribution is -0.119. The van der Waals surface area contributed by atoms with Crippen molar-refractivity contribution in [3.63, 3.8) is 0 Å². The summed E-state index contributed by atoms with van der Waals surface area (Å²) in [6.07, 6.45) is 8.23. The van der Waals surface area contributed by atoms with Gasteiger partial charge in [-0.1, -0.05) is 44.4 Å². The molecule has 3 rings (SSSR count). The van der Waals surface area contributed by atoms with Crippen molar-refractivity contribution in [3.8, 4) is 11.4 Å². The van der Waals surface area contributed by atoms with Crippen molar-refractivity contribution in [1.82, 2.24) is 20.1 Å². The zero-order valence-electron chi connectivity index (χ0n) is 15.0. The van der Waals surface area contributed by atoms with Crippen LogP contribution >= 0.6 is 23.1 Å². The van der Waals surface area contributed by atoms with Crippen LogP contribution < -0.4 is 5.32 Å². The summed E-state index contributed by atoms with van der Waals surface area (Å²) in [6.45, 7) is 2.19. The van der Waals surface area contributed by atoms with Gasteiger partial charge < -0.3 is 9.88 Å². The summed E-state index contributed by atoms with van der Waals surface area (Å²) in [5, 5.41) is 14.7. The molecule has 0 bridgehead atoms. The zero-order chi connectivity index (χ0) is 17.6. The molecule has 1 aliphatic carbocycles. The number of hydrogen-bond acceptors (Lipinski definition) is 5. The van der Waals surface area contributed by atoms with Crippen molar-refractivity contribution in [3.05, 3.63) is 16.3 Å². The minimum atomic E-state index is 0.0993. The number of hydrogen-bond donors (Lipinski definition) is 1. The van der Waals surface area contributed by atoms with E-state index in [0.29, 0.717) is 11.8 Å². The molecule has 2 heterocycles. The van der Waals surface area contributed by atoms with Crippen molar-refractivity contribution >= 4 is 29.0 Å². The molecule has 5 nitrogen and oxygen atoms in total. The number of aromatic nitrogens is 3. The van der Waals surface area contributed by atoms with Gasteiger partial charge in [0.25, 0.3) is 0 Å². The highest BCUT2D eigenvalue weighted by Gasteiger charge is 2.17. The number of rotatable bonds is 7. The Bertz CT molecular complexity index is 704. The molecule has 0 aromatic carbocycles. The summed E-state index contributed by atoms with van der Waals surface area (Å²) in [7, 11) is 1.97. The van der Waals surface area contributed by atoms with Gasteiger partial charge >= 0.3 is 0 Å². The third-order valence-electron chi connectivity index (χ3n) is 4.55. The molecule has 1 saturated carbocycles. The Hall–Kier alpha value is -1.34. The van der Waals surface area contributed by atoms with E-state index in [1.165, 1.54) is 35.9 Å². The van der Waals surface area contributed by atoms with Gasteiger partial charge in [-0.2, -0.15) is 0 Å². The molecular formula is C18H26N4OS2. The maximum Gasteiger partial charge on any atom is 0.230 e. The molecule has 1 fully saturated rings. The van der Waals surface area contributed by atoms with Crippen LogP contribution in [0.2, 0.25) is 0 Å². The molecule has 2 aromatic heterocycles. The van der Waals surface area contributed by atoms with E-state index in [4.69, 9.17) is 0 Å². The van der Waals surface area contributed by atoms with Gasteiger partial charge in [0.05, 0.1) is 5.75 Å². The van der Waals surface area contributed by atoms with Crippen LogP contribution in [0.3, 0.4) is 0 Å². The fourth-order valence-corrected chi connectivity index (χ4v) is 4.90. The van der Waals surface area contributed by atoms with Crippen molar-refractivity contribution in [2.75, 3.05) is 5.75 Å². The Morgan fingerprint density at radius 2 is 2.16 bits per heavy atom. The maximum absolute atomic E-state index is 12.2. The second-order valence-electron chi connectivity index (χ2n) is 6.61. The first-order valence-electron chi connectivity index (χ1n) is 9.06. The molecule has 7 heteroatoms. The van der Waals surface area contributed by atoms with Crippen LogP contribution in [0.4, 0.5) is 0 Å². The van der Waals surface area contributed by atoms with E-state index < -0.39 is 0 Å². The lowest BCUT2D eigenvalue weighted by Crippen LogP contribution is -2.37.